The predicted molar refractivity (Wildman–Crippen MR) is 47.1 cm³/mol. The van der Waals surface area contributed by atoms with Crippen LogP contribution >= 0.6 is 0 Å². The molecular weight excluding hydrogens is 141 g/mol. The molecule has 0 radical (unpaired) electrons. The minimum atomic E-state index is -0.451. The third kappa shape index (κ3) is 5.55. The molecule has 0 saturated heterocycles. The average Bonchev–Trinajstić information content (AvgIpc) is 1.97. The summed E-state index contributed by atoms with van der Waals surface area (Å²) in [5.74, 6) is 0. The smallest absolute Gasteiger partial charge is 0.108 e. The maximum absolute atomic E-state index is 11.6. The van der Waals surface area contributed by atoms with Crippen LogP contribution in [-0.4, -0.2) is 13.2 Å². The number of nitrogens with two attached hydrogens (primary N) is 1. The van der Waals surface area contributed by atoms with Crippen LogP contribution in [-0.2, 0) is 0 Å². The third-order valence-corrected chi connectivity index (χ3v) is 1.09. The molecule has 0 aliphatic heterocycles. The first-order valence-corrected chi connectivity index (χ1v) is 3.49. The topological polar surface area (TPSA) is 26.0 Å². The predicted octanol–water partition coefficient (Wildman–Crippen LogP) is 1.97. The van der Waals surface area contributed by atoms with Crippen LogP contribution in [0.3, 0.4) is 0 Å². The lowest BCUT2D eigenvalue weighted by atomic mass is 10.2. The second-order valence-corrected chi connectivity index (χ2v) is 2.33. The summed E-state index contributed by atoms with van der Waals surface area (Å²) in [6.07, 6.45) is 4.95. The zero-order valence-electron chi connectivity index (χ0n) is 6.81. The maximum atomic E-state index is 11.6. The van der Waals surface area contributed by atoms with Gasteiger partial charge in [-0.2, -0.15) is 0 Å². The molecule has 0 saturated carbocycles. The maximum Gasteiger partial charge on any atom is 0.108 e. The normalized spacial score (nSPS) is 12.5. The van der Waals surface area contributed by atoms with Gasteiger partial charge in [0.05, 0.1) is 0 Å². The van der Waals surface area contributed by atoms with Crippen molar-refractivity contribution in [3.05, 3.63) is 36.0 Å². The summed E-state index contributed by atoms with van der Waals surface area (Å²) in [5.41, 5.74) is 7.20. The van der Waals surface area contributed by atoms with Gasteiger partial charge in [0.2, 0.25) is 0 Å². The first kappa shape index (κ1) is 10.1. The average molecular weight is 155 g/mol. The molecule has 2 N–H and O–H groups in total. The van der Waals surface area contributed by atoms with Crippen molar-refractivity contribution in [3.8, 4) is 0 Å². The van der Waals surface area contributed by atoms with E-state index in [-0.39, 0.29) is 0 Å². The van der Waals surface area contributed by atoms with Gasteiger partial charge in [-0.15, -0.1) is 0 Å². The second-order valence-electron chi connectivity index (χ2n) is 2.33. The van der Waals surface area contributed by atoms with Crippen LogP contribution in [0.1, 0.15) is 6.92 Å². The zero-order valence-corrected chi connectivity index (χ0v) is 6.81. The summed E-state index contributed by atoms with van der Waals surface area (Å²) in [5, 5.41) is 0. The van der Waals surface area contributed by atoms with Crippen LogP contribution < -0.4 is 5.73 Å². The number of hydrogen-bond acceptors (Lipinski definition) is 1. The molecule has 1 nitrogen and oxygen atoms in total. The van der Waals surface area contributed by atoms with Gasteiger partial charge >= 0.3 is 0 Å². The lowest BCUT2D eigenvalue weighted by Gasteiger charge is -1.95. The molecule has 0 heterocycles. The molecule has 2 heteroatoms. The first-order valence-electron chi connectivity index (χ1n) is 3.49. The van der Waals surface area contributed by atoms with E-state index in [0.717, 1.165) is 11.1 Å². The van der Waals surface area contributed by atoms with Crippen LogP contribution in [0.2, 0.25) is 0 Å². The molecule has 0 aromatic carbocycles. The van der Waals surface area contributed by atoms with Gasteiger partial charge in [-0.05, 0) is 12.5 Å². The van der Waals surface area contributed by atoms with Crippen molar-refractivity contribution >= 4 is 0 Å². The third-order valence-electron chi connectivity index (χ3n) is 1.09. The van der Waals surface area contributed by atoms with E-state index < -0.39 is 6.67 Å². The minimum absolute atomic E-state index is 0.420. The number of rotatable bonds is 4. The van der Waals surface area contributed by atoms with E-state index in [9.17, 15) is 4.39 Å². The van der Waals surface area contributed by atoms with E-state index in [1.54, 1.807) is 6.08 Å². The second kappa shape index (κ2) is 5.86. The number of allylic oxidation sites excluding steroid dienone is 3. The Bertz CT molecular complexity index is 180. The fourth-order valence-corrected chi connectivity index (χ4v) is 0.687. The molecule has 0 spiro atoms. The van der Waals surface area contributed by atoms with E-state index in [1.807, 2.05) is 13.0 Å². The lowest BCUT2D eigenvalue weighted by molar-refractivity contribution is 0.561. The Morgan fingerprint density at radius 3 is 2.64 bits per heavy atom. The summed E-state index contributed by atoms with van der Waals surface area (Å²) in [4.78, 5) is 0. The van der Waals surface area contributed by atoms with E-state index in [1.165, 1.54) is 6.08 Å². The molecule has 62 valence electrons. The fourth-order valence-electron chi connectivity index (χ4n) is 0.687. The van der Waals surface area contributed by atoms with Crippen molar-refractivity contribution in [1.29, 1.82) is 0 Å². The highest BCUT2D eigenvalue weighted by molar-refractivity contribution is 5.28. The van der Waals surface area contributed by atoms with Crippen molar-refractivity contribution in [2.75, 3.05) is 13.2 Å². The number of alkyl halides is 1. The van der Waals surface area contributed by atoms with Gasteiger partial charge in [0.25, 0.3) is 0 Å². The van der Waals surface area contributed by atoms with Crippen molar-refractivity contribution in [2.24, 2.45) is 5.73 Å². The van der Waals surface area contributed by atoms with Crippen molar-refractivity contribution in [2.45, 2.75) is 6.92 Å². The SMILES string of the molecule is C=C(C)/C=C(\C=C/CF)CN. The Morgan fingerprint density at radius 1 is 1.64 bits per heavy atom. The van der Waals surface area contributed by atoms with Crippen molar-refractivity contribution in [3.63, 3.8) is 0 Å². The summed E-state index contributed by atoms with van der Waals surface area (Å²) in [6, 6.07) is 0. The molecule has 0 rings (SSSR count). The molecule has 0 aliphatic carbocycles. The molecule has 11 heavy (non-hydrogen) atoms. The van der Waals surface area contributed by atoms with Gasteiger partial charge in [0.15, 0.2) is 0 Å². The molecule has 0 unspecified atom stereocenters. The summed E-state index contributed by atoms with van der Waals surface area (Å²) < 4.78 is 11.6. The van der Waals surface area contributed by atoms with Crippen LogP contribution in [0.4, 0.5) is 4.39 Å². The zero-order chi connectivity index (χ0) is 8.69. The first-order chi connectivity index (χ1) is 5.20. The molecule has 0 atom stereocenters. The van der Waals surface area contributed by atoms with Gasteiger partial charge in [-0.3, -0.25) is 0 Å². The van der Waals surface area contributed by atoms with E-state index in [0.29, 0.717) is 6.54 Å². The van der Waals surface area contributed by atoms with Crippen molar-refractivity contribution in [1.82, 2.24) is 0 Å². The Hall–Kier alpha value is -0.890. The lowest BCUT2D eigenvalue weighted by Crippen LogP contribution is -2.00. The van der Waals surface area contributed by atoms with Crippen LogP contribution in [0.15, 0.2) is 36.0 Å². The highest BCUT2D eigenvalue weighted by atomic mass is 19.1. The molecule has 0 aromatic heterocycles. The van der Waals surface area contributed by atoms with Crippen molar-refractivity contribution < 1.29 is 4.39 Å². The Morgan fingerprint density at radius 2 is 2.27 bits per heavy atom. The van der Waals surface area contributed by atoms with Crippen LogP contribution in [0.25, 0.3) is 0 Å². The van der Waals surface area contributed by atoms with Gasteiger partial charge in [0, 0.05) is 6.54 Å². The highest BCUT2D eigenvalue weighted by Crippen LogP contribution is 1.99. The molecule has 0 bridgehead atoms. The summed E-state index contributed by atoms with van der Waals surface area (Å²) >= 11 is 0. The monoisotopic (exact) mass is 155 g/mol. The van der Waals surface area contributed by atoms with E-state index in [2.05, 4.69) is 6.58 Å². The largest absolute Gasteiger partial charge is 0.326 e. The van der Waals surface area contributed by atoms with Gasteiger partial charge in [0.1, 0.15) is 6.67 Å². The van der Waals surface area contributed by atoms with Gasteiger partial charge in [-0.1, -0.05) is 30.4 Å². The van der Waals surface area contributed by atoms with E-state index in [4.69, 9.17) is 5.73 Å². The number of hydrogen-bond donors (Lipinski definition) is 1. The Balaban J connectivity index is 4.16. The van der Waals surface area contributed by atoms with Gasteiger partial charge < -0.3 is 5.73 Å². The van der Waals surface area contributed by atoms with Crippen LogP contribution in [0.5, 0.6) is 0 Å². The summed E-state index contributed by atoms with van der Waals surface area (Å²) in [7, 11) is 0. The fraction of sp³-hybridized carbons (Fsp3) is 0.333. The summed E-state index contributed by atoms with van der Waals surface area (Å²) in [6.45, 7) is 5.53. The van der Waals surface area contributed by atoms with Gasteiger partial charge in [-0.25, -0.2) is 4.39 Å². The Kier molecular flexibility index (Phi) is 5.39. The molecule has 0 aliphatic rings. The number of halogens is 1. The van der Waals surface area contributed by atoms with E-state index >= 15 is 0 Å². The molecule has 0 amide bonds. The molecule has 0 fully saturated rings. The highest BCUT2D eigenvalue weighted by Gasteiger charge is 1.86. The minimum Gasteiger partial charge on any atom is -0.326 e. The van der Waals surface area contributed by atoms with Crippen LogP contribution in [0, 0.1) is 0 Å². The molecule has 0 aromatic rings. The standard InChI is InChI=1S/C9H14FN/c1-8(2)6-9(7-11)4-3-5-10/h3-4,6H,1,5,7,11H2,2H3/b4-3-,9-6+. The molecular formula is C9H14FN. The Labute approximate surface area is 67.1 Å². The quantitative estimate of drug-likeness (QED) is 0.617.